The molecule has 1 aromatic rings. The fourth-order valence-electron chi connectivity index (χ4n) is 0.994. The van der Waals surface area contributed by atoms with Crippen LogP contribution in [-0.2, 0) is 0 Å². The Hall–Kier alpha value is -1.86. The average Bonchev–Trinajstić information content (AvgIpc) is 2.07. The minimum absolute atomic E-state index is 0.176. The molecule has 0 heterocycles. The zero-order valence-electron chi connectivity index (χ0n) is 7.84. The molecule has 0 aliphatic rings. The fourth-order valence-corrected chi connectivity index (χ4v) is 0.994. The molecule has 0 spiro atoms. The van der Waals surface area contributed by atoms with E-state index in [1.54, 1.807) is 0 Å². The van der Waals surface area contributed by atoms with Gasteiger partial charge in [0.15, 0.2) is 0 Å². The lowest BCUT2D eigenvalue weighted by atomic mass is 10.2. The Labute approximate surface area is 86.6 Å². The highest BCUT2D eigenvalue weighted by atomic mass is 19.4. The van der Waals surface area contributed by atoms with Gasteiger partial charge in [0.2, 0.25) is 5.75 Å². The van der Waals surface area contributed by atoms with Crippen LogP contribution in [0.15, 0.2) is 12.1 Å². The third-order valence-electron chi connectivity index (χ3n) is 1.66. The predicted octanol–water partition coefficient (Wildman–Crippen LogP) is 2.94. The van der Waals surface area contributed by atoms with Crippen LogP contribution in [0, 0.1) is 22.9 Å². The number of halogens is 4. The highest BCUT2D eigenvalue weighted by molar-refractivity contribution is 5.49. The Morgan fingerprint density at radius 2 is 1.94 bits per heavy atom. The van der Waals surface area contributed by atoms with E-state index in [0.29, 0.717) is 12.1 Å². The number of benzene rings is 1. The molecule has 0 saturated heterocycles. The van der Waals surface area contributed by atoms with Gasteiger partial charge in [0.1, 0.15) is 5.82 Å². The van der Waals surface area contributed by atoms with Crippen molar-refractivity contribution in [3.63, 3.8) is 0 Å². The summed E-state index contributed by atoms with van der Waals surface area (Å²) in [6.07, 6.45) is -5.06. The molecule has 0 aliphatic carbocycles. The van der Waals surface area contributed by atoms with Gasteiger partial charge in [-0.3, -0.25) is 10.1 Å². The SMILES string of the molecule is Cc1cc(OC(F)(F)F)c([N+](=O)[O-])cc1F. The molecule has 88 valence electrons. The number of alkyl halides is 3. The summed E-state index contributed by atoms with van der Waals surface area (Å²) in [5.74, 6) is -2.00. The largest absolute Gasteiger partial charge is 0.573 e. The summed E-state index contributed by atoms with van der Waals surface area (Å²) in [4.78, 5) is 9.21. The fraction of sp³-hybridized carbons (Fsp3) is 0.250. The number of aryl methyl sites for hydroxylation is 1. The van der Waals surface area contributed by atoms with Crippen molar-refractivity contribution in [3.8, 4) is 5.75 Å². The second-order valence-corrected chi connectivity index (χ2v) is 2.87. The third kappa shape index (κ3) is 2.81. The van der Waals surface area contributed by atoms with Gasteiger partial charge in [-0.1, -0.05) is 0 Å². The highest BCUT2D eigenvalue weighted by Crippen LogP contribution is 2.33. The van der Waals surface area contributed by atoms with E-state index in [4.69, 9.17) is 0 Å². The number of nitro benzene ring substituents is 1. The summed E-state index contributed by atoms with van der Waals surface area (Å²) in [5.41, 5.74) is -1.25. The minimum atomic E-state index is -5.06. The van der Waals surface area contributed by atoms with Gasteiger partial charge < -0.3 is 4.74 Å². The van der Waals surface area contributed by atoms with E-state index in [0.717, 1.165) is 0 Å². The molecule has 0 N–H and O–H groups in total. The van der Waals surface area contributed by atoms with Gasteiger partial charge in [-0.2, -0.15) is 0 Å². The van der Waals surface area contributed by atoms with Crippen LogP contribution in [0.5, 0.6) is 5.75 Å². The second-order valence-electron chi connectivity index (χ2n) is 2.87. The molecule has 0 aliphatic heterocycles. The molecule has 1 rings (SSSR count). The van der Waals surface area contributed by atoms with Crippen molar-refractivity contribution in [1.82, 2.24) is 0 Å². The first-order valence-electron chi connectivity index (χ1n) is 3.91. The first-order valence-corrected chi connectivity index (χ1v) is 3.91. The topological polar surface area (TPSA) is 52.4 Å². The van der Waals surface area contributed by atoms with E-state index in [1.165, 1.54) is 6.92 Å². The number of ether oxygens (including phenoxy) is 1. The summed E-state index contributed by atoms with van der Waals surface area (Å²) in [5, 5.41) is 10.4. The molecule has 0 fully saturated rings. The Balaban J connectivity index is 3.25. The van der Waals surface area contributed by atoms with Crippen molar-refractivity contribution in [3.05, 3.63) is 33.6 Å². The van der Waals surface area contributed by atoms with Crippen LogP contribution in [-0.4, -0.2) is 11.3 Å². The normalized spacial score (nSPS) is 11.3. The molecule has 0 radical (unpaired) electrons. The molecule has 0 unspecified atom stereocenters. The lowest BCUT2D eigenvalue weighted by Crippen LogP contribution is -2.18. The van der Waals surface area contributed by atoms with Gasteiger partial charge >= 0.3 is 12.0 Å². The minimum Gasteiger partial charge on any atom is -0.398 e. The number of nitro groups is 1. The monoisotopic (exact) mass is 239 g/mol. The zero-order valence-corrected chi connectivity index (χ0v) is 7.84. The van der Waals surface area contributed by atoms with E-state index in [2.05, 4.69) is 4.74 Å². The molecule has 0 amide bonds. The molecule has 0 bridgehead atoms. The van der Waals surface area contributed by atoms with Gasteiger partial charge in [-0.05, 0) is 18.6 Å². The molecular formula is C8H5F4NO3. The summed E-state index contributed by atoms with van der Waals surface area (Å²) in [6, 6.07) is 1.01. The summed E-state index contributed by atoms with van der Waals surface area (Å²) < 4.78 is 52.0. The lowest BCUT2D eigenvalue weighted by molar-refractivity contribution is -0.388. The number of rotatable bonds is 2. The maximum absolute atomic E-state index is 12.9. The number of nitrogens with zero attached hydrogens (tertiary/aromatic N) is 1. The van der Waals surface area contributed by atoms with Crippen molar-refractivity contribution in [2.24, 2.45) is 0 Å². The molecule has 4 nitrogen and oxygen atoms in total. The van der Waals surface area contributed by atoms with Crippen LogP contribution < -0.4 is 4.74 Å². The standard InChI is InChI=1S/C8H5F4NO3/c1-4-2-7(16-8(10,11)12)6(13(14)15)3-5(4)9/h2-3H,1H3. The van der Waals surface area contributed by atoms with E-state index in [1.807, 2.05) is 0 Å². The maximum atomic E-state index is 12.9. The van der Waals surface area contributed by atoms with Gasteiger partial charge in [0.25, 0.3) is 0 Å². The summed E-state index contributed by atoms with van der Waals surface area (Å²) in [7, 11) is 0. The molecule has 8 heteroatoms. The van der Waals surface area contributed by atoms with E-state index in [-0.39, 0.29) is 5.56 Å². The van der Waals surface area contributed by atoms with E-state index in [9.17, 15) is 27.7 Å². The van der Waals surface area contributed by atoms with Crippen LogP contribution >= 0.6 is 0 Å². The third-order valence-corrected chi connectivity index (χ3v) is 1.66. The molecule has 0 aromatic heterocycles. The van der Waals surface area contributed by atoms with Gasteiger partial charge in [-0.15, -0.1) is 13.2 Å². The molecule has 16 heavy (non-hydrogen) atoms. The van der Waals surface area contributed by atoms with Crippen LogP contribution in [0.4, 0.5) is 23.2 Å². The Morgan fingerprint density at radius 1 is 1.38 bits per heavy atom. The van der Waals surface area contributed by atoms with Crippen LogP contribution in [0.2, 0.25) is 0 Å². The van der Waals surface area contributed by atoms with Crippen molar-refractivity contribution in [2.75, 3.05) is 0 Å². The Kier molecular flexibility index (Phi) is 3.02. The Bertz CT molecular complexity index is 430. The number of hydrogen-bond acceptors (Lipinski definition) is 3. The molecular weight excluding hydrogens is 234 g/mol. The Morgan fingerprint density at radius 3 is 2.38 bits per heavy atom. The molecule has 1 aromatic carbocycles. The summed E-state index contributed by atoms with van der Waals surface area (Å²) >= 11 is 0. The second kappa shape index (κ2) is 3.95. The van der Waals surface area contributed by atoms with E-state index < -0.39 is 28.5 Å². The predicted molar refractivity (Wildman–Crippen MR) is 44.5 cm³/mol. The van der Waals surface area contributed by atoms with Gasteiger partial charge in [0.05, 0.1) is 11.0 Å². The first kappa shape index (κ1) is 12.2. The first-order chi connectivity index (χ1) is 7.20. The van der Waals surface area contributed by atoms with E-state index >= 15 is 0 Å². The zero-order chi connectivity index (χ0) is 12.5. The van der Waals surface area contributed by atoms with Crippen molar-refractivity contribution >= 4 is 5.69 Å². The van der Waals surface area contributed by atoms with Crippen LogP contribution in [0.3, 0.4) is 0 Å². The van der Waals surface area contributed by atoms with Gasteiger partial charge in [-0.25, -0.2) is 4.39 Å². The van der Waals surface area contributed by atoms with Gasteiger partial charge in [0, 0.05) is 0 Å². The van der Waals surface area contributed by atoms with Crippen molar-refractivity contribution in [2.45, 2.75) is 13.3 Å². The summed E-state index contributed by atoms with van der Waals surface area (Å²) in [6.45, 7) is 1.17. The molecule has 0 saturated carbocycles. The smallest absolute Gasteiger partial charge is 0.398 e. The lowest BCUT2D eigenvalue weighted by Gasteiger charge is -2.09. The van der Waals surface area contributed by atoms with Crippen LogP contribution in [0.1, 0.15) is 5.56 Å². The van der Waals surface area contributed by atoms with Crippen molar-refractivity contribution in [1.29, 1.82) is 0 Å². The molecule has 0 atom stereocenters. The average molecular weight is 239 g/mol. The maximum Gasteiger partial charge on any atom is 0.573 e. The van der Waals surface area contributed by atoms with Crippen molar-refractivity contribution < 1.29 is 27.2 Å². The van der Waals surface area contributed by atoms with Crippen LogP contribution in [0.25, 0.3) is 0 Å². The highest BCUT2D eigenvalue weighted by Gasteiger charge is 2.34. The quantitative estimate of drug-likeness (QED) is 0.453. The number of hydrogen-bond donors (Lipinski definition) is 0.